The van der Waals surface area contributed by atoms with Crippen molar-refractivity contribution >= 4 is 18.8 Å². The Balaban J connectivity index is 2.81. The Morgan fingerprint density at radius 1 is 1.28 bits per heavy atom. The molecule has 0 aromatic carbocycles. The van der Waals surface area contributed by atoms with Crippen LogP contribution in [0.25, 0.3) is 0 Å². The Bertz CT molecular complexity index is 416. The zero-order valence-electron chi connectivity index (χ0n) is 11.5. The molecule has 0 saturated heterocycles. The van der Waals surface area contributed by atoms with Gasteiger partial charge in [-0.05, 0) is 33.8 Å². The highest BCUT2D eigenvalue weighted by Crippen LogP contribution is 2.24. The molecule has 1 rings (SSSR count). The highest BCUT2D eigenvalue weighted by Gasteiger charge is 2.36. The quantitative estimate of drug-likeness (QED) is 0.744. The lowest BCUT2D eigenvalue weighted by Gasteiger charge is -2.37. The van der Waals surface area contributed by atoms with Gasteiger partial charge in [0, 0.05) is 5.46 Å². The number of hydrogen-bond acceptors (Lipinski definition) is 5. The highest BCUT2D eigenvalue weighted by atomic mass is 16.5. The lowest BCUT2D eigenvalue weighted by Crippen LogP contribution is -2.49. The molecule has 0 saturated carbocycles. The third-order valence-electron chi connectivity index (χ3n) is 3.06. The van der Waals surface area contributed by atoms with Crippen molar-refractivity contribution in [2.45, 2.75) is 38.9 Å². The number of ether oxygens (including phenoxy) is 1. The summed E-state index contributed by atoms with van der Waals surface area (Å²) in [5, 5.41) is 9.98. The summed E-state index contributed by atoms with van der Waals surface area (Å²) in [5.74, 6) is 0.771. The molecule has 1 radical (unpaired) electrons. The van der Waals surface area contributed by atoms with E-state index in [-0.39, 0.29) is 0 Å². The van der Waals surface area contributed by atoms with E-state index in [1.807, 2.05) is 0 Å². The van der Waals surface area contributed by atoms with Gasteiger partial charge in [-0.3, -0.25) is 0 Å². The van der Waals surface area contributed by atoms with Crippen molar-refractivity contribution in [2.75, 3.05) is 12.8 Å². The van der Waals surface area contributed by atoms with Gasteiger partial charge in [0.15, 0.2) is 0 Å². The van der Waals surface area contributed by atoms with Crippen molar-refractivity contribution in [3.05, 3.63) is 12.1 Å². The first kappa shape index (κ1) is 14.8. The summed E-state index contributed by atoms with van der Waals surface area (Å²) < 4.78 is 10.7. The number of rotatable bonds is 5. The smallest absolute Gasteiger partial charge is 0.336 e. The van der Waals surface area contributed by atoms with Gasteiger partial charge in [0.25, 0.3) is 0 Å². The van der Waals surface area contributed by atoms with E-state index in [1.165, 1.54) is 14.6 Å². The Morgan fingerprint density at radius 3 is 2.39 bits per heavy atom. The second kappa shape index (κ2) is 5.16. The fourth-order valence-electron chi connectivity index (χ4n) is 1.07. The molecular weight excluding hydrogens is 231 g/mol. The minimum atomic E-state index is -0.974. The number of aliphatic hydroxyl groups is 1. The number of anilines is 1. The zero-order chi connectivity index (χ0) is 14.0. The average molecular weight is 251 g/mol. The first-order valence-electron chi connectivity index (χ1n) is 5.71. The number of nitrogens with two attached hydrogens (primary N) is 1. The van der Waals surface area contributed by atoms with E-state index in [1.54, 1.807) is 39.8 Å². The summed E-state index contributed by atoms with van der Waals surface area (Å²) in [6.07, 6.45) is 0. The molecule has 0 fully saturated rings. The standard InChI is InChI=1S/C12H20BN2O3/c1-11(2,16)12(3,4)18-13-8-6-7-9(14)15-10(8)17-5/h6-7,16H,1-5H3,(H2,14,15). The number of nitrogens with zero attached hydrogens (tertiary/aromatic N) is 1. The summed E-state index contributed by atoms with van der Waals surface area (Å²) in [4.78, 5) is 4.04. The van der Waals surface area contributed by atoms with E-state index in [4.69, 9.17) is 15.1 Å². The molecule has 0 unspecified atom stereocenters. The van der Waals surface area contributed by atoms with Crippen molar-refractivity contribution in [3.8, 4) is 5.88 Å². The Labute approximate surface area is 109 Å². The van der Waals surface area contributed by atoms with E-state index >= 15 is 0 Å². The molecule has 6 heteroatoms. The minimum Gasteiger partial charge on any atom is -0.481 e. The van der Waals surface area contributed by atoms with Crippen molar-refractivity contribution in [2.24, 2.45) is 0 Å². The van der Waals surface area contributed by atoms with Crippen LogP contribution >= 0.6 is 0 Å². The average Bonchev–Trinajstić information content (AvgIpc) is 2.25. The first-order valence-corrected chi connectivity index (χ1v) is 5.71. The van der Waals surface area contributed by atoms with Gasteiger partial charge >= 0.3 is 7.48 Å². The molecule has 0 aliphatic carbocycles. The molecule has 0 bridgehead atoms. The molecule has 0 aliphatic rings. The van der Waals surface area contributed by atoms with Gasteiger partial charge in [-0.2, -0.15) is 4.98 Å². The molecule has 18 heavy (non-hydrogen) atoms. The van der Waals surface area contributed by atoms with Gasteiger partial charge in [-0.1, -0.05) is 6.07 Å². The van der Waals surface area contributed by atoms with Crippen LogP contribution in [-0.2, 0) is 4.65 Å². The van der Waals surface area contributed by atoms with Crippen molar-refractivity contribution in [1.82, 2.24) is 4.98 Å². The monoisotopic (exact) mass is 251 g/mol. The van der Waals surface area contributed by atoms with E-state index in [0.29, 0.717) is 17.2 Å². The molecule has 5 nitrogen and oxygen atoms in total. The summed E-state index contributed by atoms with van der Waals surface area (Å²) in [6.45, 7) is 7.00. The van der Waals surface area contributed by atoms with E-state index in [2.05, 4.69) is 4.98 Å². The number of hydrogen-bond donors (Lipinski definition) is 2. The summed E-state index contributed by atoms with van der Waals surface area (Å²) in [7, 11) is 3.03. The van der Waals surface area contributed by atoms with Crippen LogP contribution in [0.1, 0.15) is 27.7 Å². The second-order valence-corrected chi connectivity index (χ2v) is 5.14. The molecule has 0 atom stereocenters. The highest BCUT2D eigenvalue weighted by molar-refractivity contribution is 6.48. The Kier molecular flexibility index (Phi) is 4.24. The molecule has 1 aromatic rings. The van der Waals surface area contributed by atoms with Crippen LogP contribution in [0.2, 0.25) is 0 Å². The van der Waals surface area contributed by atoms with Crippen molar-refractivity contribution in [1.29, 1.82) is 0 Å². The first-order chi connectivity index (χ1) is 8.17. The number of pyridine rings is 1. The van der Waals surface area contributed by atoms with Gasteiger partial charge in [-0.25, -0.2) is 0 Å². The van der Waals surface area contributed by atoms with Gasteiger partial charge in [0.2, 0.25) is 5.88 Å². The summed E-state index contributed by atoms with van der Waals surface area (Å²) >= 11 is 0. The summed E-state index contributed by atoms with van der Waals surface area (Å²) in [6, 6.07) is 3.41. The molecule has 3 N–H and O–H groups in total. The third-order valence-corrected chi connectivity index (χ3v) is 3.06. The maximum atomic E-state index is 9.98. The maximum absolute atomic E-state index is 9.98. The number of methoxy groups -OCH3 is 1. The lowest BCUT2D eigenvalue weighted by molar-refractivity contribution is -0.0893. The van der Waals surface area contributed by atoms with Gasteiger partial charge in [-0.15, -0.1) is 0 Å². The predicted molar refractivity (Wildman–Crippen MR) is 72.1 cm³/mol. The molecule has 0 spiro atoms. The summed E-state index contributed by atoms with van der Waals surface area (Å²) in [5.41, 5.74) is 4.53. The largest absolute Gasteiger partial charge is 0.481 e. The normalized spacial score (nSPS) is 12.3. The van der Waals surface area contributed by atoms with E-state index < -0.39 is 11.2 Å². The van der Waals surface area contributed by atoms with Crippen LogP contribution in [0.15, 0.2) is 12.1 Å². The predicted octanol–water partition coefficient (Wildman–Crippen LogP) is 0.483. The van der Waals surface area contributed by atoms with Crippen LogP contribution in [0.4, 0.5) is 5.82 Å². The van der Waals surface area contributed by atoms with Crippen LogP contribution in [0, 0.1) is 0 Å². The van der Waals surface area contributed by atoms with Crippen LogP contribution in [0.5, 0.6) is 5.88 Å². The van der Waals surface area contributed by atoms with Crippen molar-refractivity contribution in [3.63, 3.8) is 0 Å². The molecular formula is C12H20BN2O3. The fraction of sp³-hybridized carbons (Fsp3) is 0.583. The van der Waals surface area contributed by atoms with Gasteiger partial charge in [0.1, 0.15) is 5.82 Å². The molecule has 0 aliphatic heterocycles. The van der Waals surface area contributed by atoms with Crippen LogP contribution in [0.3, 0.4) is 0 Å². The molecule has 99 valence electrons. The molecule has 1 heterocycles. The lowest BCUT2D eigenvalue weighted by atomic mass is 9.83. The van der Waals surface area contributed by atoms with Crippen LogP contribution in [-0.4, -0.2) is 35.9 Å². The van der Waals surface area contributed by atoms with Gasteiger partial charge in [0.05, 0.1) is 18.3 Å². The third kappa shape index (κ3) is 3.37. The molecule has 0 amide bonds. The molecule has 1 aromatic heterocycles. The topological polar surface area (TPSA) is 77.6 Å². The minimum absolute atomic E-state index is 0.380. The van der Waals surface area contributed by atoms with Crippen LogP contribution < -0.4 is 15.9 Å². The fourth-order valence-corrected chi connectivity index (χ4v) is 1.07. The SMILES string of the molecule is COc1nc(N)ccc1[B]OC(C)(C)C(C)(C)O. The van der Waals surface area contributed by atoms with Crippen molar-refractivity contribution < 1.29 is 14.5 Å². The maximum Gasteiger partial charge on any atom is 0.336 e. The Hall–Kier alpha value is -1.27. The number of aromatic nitrogens is 1. The Morgan fingerprint density at radius 2 is 1.89 bits per heavy atom. The number of nitrogen functional groups attached to an aromatic ring is 1. The van der Waals surface area contributed by atoms with E-state index in [0.717, 1.165) is 0 Å². The van der Waals surface area contributed by atoms with E-state index in [9.17, 15) is 5.11 Å². The van der Waals surface area contributed by atoms with Gasteiger partial charge < -0.3 is 20.2 Å². The second-order valence-electron chi connectivity index (χ2n) is 5.14. The zero-order valence-corrected chi connectivity index (χ0v) is 11.5.